The van der Waals surface area contributed by atoms with Crippen LogP contribution in [-0.4, -0.2) is 47.0 Å². The van der Waals surface area contributed by atoms with Crippen molar-refractivity contribution in [3.8, 4) is 5.75 Å². The monoisotopic (exact) mass is 523 g/mol. The summed E-state index contributed by atoms with van der Waals surface area (Å²) in [6.45, 7) is 5.94. The molecule has 0 radical (unpaired) electrons. The van der Waals surface area contributed by atoms with Crippen molar-refractivity contribution in [1.29, 1.82) is 0 Å². The van der Waals surface area contributed by atoms with E-state index in [9.17, 15) is 4.79 Å². The van der Waals surface area contributed by atoms with Crippen LogP contribution >= 0.6 is 0 Å². The van der Waals surface area contributed by atoms with Gasteiger partial charge in [0.2, 0.25) is 5.95 Å². The van der Waals surface area contributed by atoms with E-state index in [4.69, 9.17) is 10.5 Å². The van der Waals surface area contributed by atoms with Crippen LogP contribution in [0.3, 0.4) is 0 Å². The van der Waals surface area contributed by atoms with E-state index < -0.39 is 0 Å². The molecule has 0 atom stereocenters. The van der Waals surface area contributed by atoms with Gasteiger partial charge in [0.15, 0.2) is 0 Å². The summed E-state index contributed by atoms with van der Waals surface area (Å²) in [5, 5.41) is 9.40. The van der Waals surface area contributed by atoms with E-state index in [1.54, 1.807) is 30.5 Å². The molecule has 0 spiro atoms. The number of aryl methyl sites for hydroxylation is 1. The first-order valence-electron chi connectivity index (χ1n) is 13.1. The quantitative estimate of drug-likeness (QED) is 0.199. The lowest BCUT2D eigenvalue weighted by Crippen LogP contribution is -2.25. The normalized spacial score (nSPS) is 13.2. The Morgan fingerprint density at radius 1 is 0.949 bits per heavy atom. The minimum atomic E-state index is -0.229. The van der Waals surface area contributed by atoms with Crippen molar-refractivity contribution in [2.45, 2.75) is 19.8 Å². The number of carbonyl (C=O) groups excluding carboxylic acids is 1. The number of amides is 1. The van der Waals surface area contributed by atoms with E-state index in [1.807, 2.05) is 55.5 Å². The first kappa shape index (κ1) is 26.0. The second-order valence-corrected chi connectivity index (χ2v) is 9.52. The van der Waals surface area contributed by atoms with E-state index in [-0.39, 0.29) is 5.91 Å². The average Bonchev–Trinajstić information content (AvgIpc) is 3.47. The summed E-state index contributed by atoms with van der Waals surface area (Å²) >= 11 is 0. The van der Waals surface area contributed by atoms with Crippen molar-refractivity contribution in [2.75, 3.05) is 47.9 Å². The summed E-state index contributed by atoms with van der Waals surface area (Å²) in [6, 6.07) is 22.1. The Balaban J connectivity index is 1.17. The number of benzene rings is 3. The zero-order valence-corrected chi connectivity index (χ0v) is 22.0. The number of nitrogens with zero attached hydrogens (tertiary/aromatic N) is 3. The molecule has 3 aromatic carbocycles. The van der Waals surface area contributed by atoms with Gasteiger partial charge in [-0.25, -0.2) is 4.98 Å². The summed E-state index contributed by atoms with van der Waals surface area (Å²) in [6.07, 6.45) is 4.34. The van der Waals surface area contributed by atoms with Gasteiger partial charge in [0.05, 0.1) is 11.4 Å². The van der Waals surface area contributed by atoms with Crippen LogP contribution in [0.4, 0.5) is 34.5 Å². The Morgan fingerprint density at radius 3 is 2.38 bits per heavy atom. The Labute approximate surface area is 228 Å². The van der Waals surface area contributed by atoms with Gasteiger partial charge < -0.3 is 26.4 Å². The first-order chi connectivity index (χ1) is 19.0. The zero-order valence-electron chi connectivity index (χ0n) is 22.0. The van der Waals surface area contributed by atoms with Crippen LogP contribution in [0.15, 0.2) is 79.0 Å². The Kier molecular flexibility index (Phi) is 8.18. The molecule has 9 heteroatoms. The minimum Gasteiger partial charge on any atom is -0.492 e. The number of nitrogens with one attached hydrogen (secondary N) is 3. The fraction of sp³-hybridized carbons (Fsp3) is 0.233. The van der Waals surface area contributed by atoms with Gasteiger partial charge in [-0.1, -0.05) is 12.1 Å². The number of ether oxygens (including phenoxy) is 1. The number of anilines is 6. The van der Waals surface area contributed by atoms with Crippen molar-refractivity contribution in [3.05, 3.63) is 90.1 Å². The molecule has 9 nitrogen and oxygen atoms in total. The van der Waals surface area contributed by atoms with Crippen LogP contribution in [0.5, 0.6) is 5.75 Å². The number of hydrogen-bond donors (Lipinski definition) is 4. The van der Waals surface area contributed by atoms with Crippen LogP contribution in [0.2, 0.25) is 0 Å². The molecule has 200 valence electrons. The van der Waals surface area contributed by atoms with E-state index in [2.05, 4.69) is 30.8 Å². The van der Waals surface area contributed by atoms with Gasteiger partial charge >= 0.3 is 0 Å². The van der Waals surface area contributed by atoms with E-state index >= 15 is 0 Å². The lowest BCUT2D eigenvalue weighted by atomic mass is 10.1. The summed E-state index contributed by atoms with van der Waals surface area (Å²) in [5.74, 6) is 1.76. The van der Waals surface area contributed by atoms with Crippen LogP contribution in [0.1, 0.15) is 28.8 Å². The molecule has 1 amide bonds. The molecule has 4 aromatic rings. The summed E-state index contributed by atoms with van der Waals surface area (Å²) < 4.78 is 5.89. The molecule has 5 N–H and O–H groups in total. The second kappa shape index (κ2) is 12.3. The molecule has 1 saturated heterocycles. The number of rotatable bonds is 10. The molecule has 5 rings (SSSR count). The lowest BCUT2D eigenvalue weighted by Gasteiger charge is -2.15. The lowest BCUT2D eigenvalue weighted by molar-refractivity contribution is 0.102. The summed E-state index contributed by atoms with van der Waals surface area (Å²) in [7, 11) is 0. The maximum atomic E-state index is 12.6. The van der Waals surface area contributed by atoms with E-state index in [0.717, 1.165) is 29.2 Å². The largest absolute Gasteiger partial charge is 0.492 e. The fourth-order valence-electron chi connectivity index (χ4n) is 4.34. The molecule has 1 aliphatic rings. The third kappa shape index (κ3) is 7.03. The molecular weight excluding hydrogens is 490 g/mol. The van der Waals surface area contributed by atoms with E-state index in [1.165, 1.54) is 25.9 Å². The Morgan fingerprint density at radius 2 is 1.64 bits per heavy atom. The summed E-state index contributed by atoms with van der Waals surface area (Å²) in [5.41, 5.74) is 10.1. The summed E-state index contributed by atoms with van der Waals surface area (Å²) in [4.78, 5) is 24.1. The topological polar surface area (TPSA) is 117 Å². The Bertz CT molecular complexity index is 1400. The average molecular weight is 524 g/mol. The molecule has 0 unspecified atom stereocenters. The van der Waals surface area contributed by atoms with Crippen molar-refractivity contribution >= 4 is 40.4 Å². The van der Waals surface area contributed by atoms with Crippen molar-refractivity contribution in [2.24, 2.45) is 0 Å². The number of carbonyl (C=O) groups is 1. The molecule has 2 heterocycles. The smallest absolute Gasteiger partial charge is 0.255 e. The highest BCUT2D eigenvalue weighted by Gasteiger charge is 2.11. The third-order valence-electron chi connectivity index (χ3n) is 6.58. The number of para-hydroxylation sites is 2. The van der Waals surface area contributed by atoms with Crippen molar-refractivity contribution in [1.82, 2.24) is 14.9 Å². The molecule has 0 bridgehead atoms. The van der Waals surface area contributed by atoms with Gasteiger partial charge in [0.1, 0.15) is 18.2 Å². The van der Waals surface area contributed by atoms with Gasteiger partial charge in [-0.3, -0.25) is 9.69 Å². The number of hydrogen-bond acceptors (Lipinski definition) is 8. The molecular formula is C30H33N7O2. The highest BCUT2D eigenvalue weighted by atomic mass is 16.5. The van der Waals surface area contributed by atoms with Crippen LogP contribution in [0, 0.1) is 6.92 Å². The predicted molar refractivity (Wildman–Crippen MR) is 156 cm³/mol. The zero-order chi connectivity index (χ0) is 27.0. The van der Waals surface area contributed by atoms with Gasteiger partial charge in [0, 0.05) is 35.2 Å². The van der Waals surface area contributed by atoms with Crippen molar-refractivity contribution in [3.63, 3.8) is 0 Å². The predicted octanol–water partition coefficient (Wildman–Crippen LogP) is 5.58. The van der Waals surface area contributed by atoms with E-state index in [0.29, 0.717) is 35.3 Å². The number of aromatic nitrogens is 2. The SMILES string of the molecule is Cc1cnc(Nc2ccc(OCCN3CCCC3)cc2)nc1Nc1ccc(C(=O)Nc2ccccc2N)cc1. The Hall–Kier alpha value is -4.63. The molecule has 39 heavy (non-hydrogen) atoms. The van der Waals surface area contributed by atoms with Crippen molar-refractivity contribution < 1.29 is 9.53 Å². The highest BCUT2D eigenvalue weighted by molar-refractivity contribution is 6.05. The molecule has 1 fully saturated rings. The maximum Gasteiger partial charge on any atom is 0.255 e. The standard InChI is InChI=1S/C30H33N7O2/c1-21-20-32-30(34-24-12-14-25(15-13-24)39-19-18-37-16-4-5-17-37)36-28(21)33-23-10-8-22(9-11-23)29(38)35-27-7-3-2-6-26(27)31/h2-3,6-15,20H,4-5,16-19,31H2,1H3,(H,35,38)(H2,32,33,34,36). The molecule has 1 aliphatic heterocycles. The van der Waals surface area contributed by atoms with Crippen LogP contribution < -0.4 is 26.4 Å². The molecule has 1 aromatic heterocycles. The van der Waals surface area contributed by atoms with Crippen LogP contribution in [0.25, 0.3) is 0 Å². The first-order valence-corrected chi connectivity index (χ1v) is 13.1. The highest BCUT2D eigenvalue weighted by Crippen LogP contribution is 2.23. The number of nitrogens with two attached hydrogens (primary N) is 1. The third-order valence-corrected chi connectivity index (χ3v) is 6.58. The van der Waals surface area contributed by atoms with Crippen LogP contribution in [-0.2, 0) is 0 Å². The van der Waals surface area contributed by atoms with Gasteiger partial charge in [-0.15, -0.1) is 0 Å². The fourth-order valence-corrected chi connectivity index (χ4v) is 4.34. The number of nitrogen functional groups attached to an aromatic ring is 1. The van der Waals surface area contributed by atoms with Gasteiger partial charge in [0.25, 0.3) is 5.91 Å². The molecule has 0 saturated carbocycles. The van der Waals surface area contributed by atoms with Gasteiger partial charge in [-0.05, 0) is 93.5 Å². The number of likely N-dealkylation sites (tertiary alicyclic amines) is 1. The second-order valence-electron chi connectivity index (χ2n) is 9.52. The molecule has 0 aliphatic carbocycles. The maximum absolute atomic E-state index is 12.6. The van der Waals surface area contributed by atoms with Gasteiger partial charge in [-0.2, -0.15) is 4.98 Å². The minimum absolute atomic E-state index is 0.229.